The van der Waals surface area contributed by atoms with Crippen molar-refractivity contribution in [1.82, 2.24) is 10.2 Å². The van der Waals surface area contributed by atoms with Gasteiger partial charge in [0.15, 0.2) is 0 Å². The van der Waals surface area contributed by atoms with Crippen LogP contribution in [-0.2, 0) is 0 Å². The molecule has 2 aliphatic heterocycles. The van der Waals surface area contributed by atoms with Gasteiger partial charge in [-0.05, 0) is 7.05 Å². The van der Waals surface area contributed by atoms with Gasteiger partial charge in [0, 0.05) is 37.6 Å². The van der Waals surface area contributed by atoms with E-state index < -0.39 is 0 Å². The van der Waals surface area contributed by atoms with Gasteiger partial charge in [-0.25, -0.2) is 0 Å². The largest absolute Gasteiger partial charge is 0.323 e. The van der Waals surface area contributed by atoms with Crippen molar-refractivity contribution in [2.24, 2.45) is 11.7 Å². The van der Waals surface area contributed by atoms with E-state index in [1.807, 2.05) is 0 Å². The van der Waals surface area contributed by atoms with E-state index in [1.54, 1.807) is 0 Å². The summed E-state index contributed by atoms with van der Waals surface area (Å²) in [5.74, 6) is 0.692. The van der Waals surface area contributed by atoms with Gasteiger partial charge in [-0.3, -0.25) is 0 Å². The van der Waals surface area contributed by atoms with Crippen LogP contribution in [0.25, 0.3) is 0 Å². The predicted octanol–water partition coefficient (Wildman–Crippen LogP) is -1.15. The molecule has 0 aromatic rings. The van der Waals surface area contributed by atoms with Crippen molar-refractivity contribution in [2.75, 3.05) is 33.2 Å². The molecule has 2 rings (SSSR count). The number of nitrogens with zero attached hydrogens (tertiary/aromatic N) is 1. The molecule has 3 heteroatoms. The first kappa shape index (κ1) is 6.58. The Morgan fingerprint density at radius 2 is 2.50 bits per heavy atom. The van der Waals surface area contributed by atoms with Crippen LogP contribution in [0.2, 0.25) is 0 Å². The zero-order valence-corrected chi connectivity index (χ0v) is 6.43. The van der Waals surface area contributed by atoms with Crippen LogP contribution in [0, 0.1) is 5.92 Å². The van der Waals surface area contributed by atoms with Gasteiger partial charge in [-0.2, -0.15) is 0 Å². The zero-order chi connectivity index (χ0) is 7.19. The summed E-state index contributed by atoms with van der Waals surface area (Å²) < 4.78 is 0. The molecule has 0 aliphatic carbocycles. The van der Waals surface area contributed by atoms with Gasteiger partial charge < -0.3 is 16.0 Å². The van der Waals surface area contributed by atoms with E-state index in [0.717, 1.165) is 19.6 Å². The second kappa shape index (κ2) is 1.94. The summed E-state index contributed by atoms with van der Waals surface area (Å²) in [4.78, 5) is 2.32. The van der Waals surface area contributed by atoms with E-state index in [0.29, 0.717) is 5.92 Å². The Bertz CT molecular complexity index is 148. The van der Waals surface area contributed by atoms with Crippen LogP contribution in [0.15, 0.2) is 0 Å². The van der Waals surface area contributed by atoms with Gasteiger partial charge in [0.1, 0.15) is 0 Å². The first-order chi connectivity index (χ1) is 4.71. The Morgan fingerprint density at radius 3 is 3.20 bits per heavy atom. The zero-order valence-electron chi connectivity index (χ0n) is 6.43. The molecule has 2 heterocycles. The van der Waals surface area contributed by atoms with E-state index in [2.05, 4.69) is 17.3 Å². The second-order valence-electron chi connectivity index (χ2n) is 3.76. The first-order valence-electron chi connectivity index (χ1n) is 3.89. The monoisotopic (exact) mass is 141 g/mol. The number of fused-ring (bicyclic) bond motifs is 1. The molecular weight excluding hydrogens is 126 g/mol. The number of rotatable bonds is 0. The highest BCUT2D eigenvalue weighted by molar-refractivity contribution is 5.06. The van der Waals surface area contributed by atoms with Crippen LogP contribution >= 0.6 is 0 Å². The molecule has 2 unspecified atom stereocenters. The van der Waals surface area contributed by atoms with Crippen LogP contribution in [0.5, 0.6) is 0 Å². The van der Waals surface area contributed by atoms with Gasteiger partial charge in [-0.1, -0.05) is 0 Å². The van der Waals surface area contributed by atoms with Crippen molar-refractivity contribution in [3.63, 3.8) is 0 Å². The van der Waals surface area contributed by atoms with E-state index in [9.17, 15) is 0 Å². The fourth-order valence-electron chi connectivity index (χ4n) is 2.20. The summed E-state index contributed by atoms with van der Waals surface area (Å²) in [5.41, 5.74) is 6.24. The maximum Gasteiger partial charge on any atom is 0.0462 e. The van der Waals surface area contributed by atoms with E-state index in [4.69, 9.17) is 5.73 Å². The second-order valence-corrected chi connectivity index (χ2v) is 3.76. The minimum Gasteiger partial charge on any atom is -0.323 e. The average molecular weight is 141 g/mol. The fraction of sp³-hybridized carbons (Fsp3) is 1.00. The molecule has 58 valence electrons. The third-order valence-corrected chi connectivity index (χ3v) is 2.75. The maximum atomic E-state index is 6.15. The molecule has 0 aromatic carbocycles. The molecule has 2 atom stereocenters. The lowest BCUT2D eigenvalue weighted by molar-refractivity contribution is 0.368. The van der Waals surface area contributed by atoms with E-state index >= 15 is 0 Å². The molecule has 0 aromatic heterocycles. The number of hydrogen-bond acceptors (Lipinski definition) is 3. The predicted molar refractivity (Wildman–Crippen MR) is 40.8 cm³/mol. The summed E-state index contributed by atoms with van der Waals surface area (Å²) in [7, 11) is 2.15. The fourth-order valence-corrected chi connectivity index (χ4v) is 2.20. The van der Waals surface area contributed by atoms with Gasteiger partial charge in [-0.15, -0.1) is 0 Å². The molecule has 0 amide bonds. The van der Waals surface area contributed by atoms with Gasteiger partial charge >= 0.3 is 0 Å². The smallest absolute Gasteiger partial charge is 0.0462 e. The summed E-state index contributed by atoms with van der Waals surface area (Å²) in [6, 6.07) is 0. The van der Waals surface area contributed by atoms with Crippen LogP contribution in [0.3, 0.4) is 0 Å². The summed E-state index contributed by atoms with van der Waals surface area (Å²) in [5, 5.41) is 3.33. The normalized spacial score (nSPS) is 48.0. The van der Waals surface area contributed by atoms with Crippen molar-refractivity contribution in [2.45, 2.75) is 5.54 Å². The highest BCUT2D eigenvalue weighted by Gasteiger charge is 2.45. The van der Waals surface area contributed by atoms with E-state index in [1.165, 1.54) is 6.54 Å². The lowest BCUT2D eigenvalue weighted by atomic mass is 9.92. The van der Waals surface area contributed by atoms with Gasteiger partial charge in [0.25, 0.3) is 0 Å². The summed E-state index contributed by atoms with van der Waals surface area (Å²) in [6.45, 7) is 4.34. The average Bonchev–Trinajstić information content (AvgIpc) is 2.20. The Morgan fingerprint density at radius 1 is 1.70 bits per heavy atom. The van der Waals surface area contributed by atoms with Crippen molar-refractivity contribution in [3.05, 3.63) is 0 Å². The molecule has 2 saturated heterocycles. The number of nitrogens with two attached hydrogens (primary N) is 1. The molecule has 0 radical (unpaired) electrons. The van der Waals surface area contributed by atoms with Crippen molar-refractivity contribution >= 4 is 0 Å². The third-order valence-electron chi connectivity index (χ3n) is 2.75. The van der Waals surface area contributed by atoms with Crippen molar-refractivity contribution in [1.29, 1.82) is 0 Å². The minimum atomic E-state index is 0.0920. The molecule has 3 nitrogen and oxygen atoms in total. The Hall–Kier alpha value is -0.120. The summed E-state index contributed by atoms with van der Waals surface area (Å²) in [6.07, 6.45) is 0. The van der Waals surface area contributed by atoms with Crippen LogP contribution < -0.4 is 11.1 Å². The molecule has 0 spiro atoms. The Labute approximate surface area is 61.6 Å². The van der Waals surface area contributed by atoms with Crippen LogP contribution in [0.4, 0.5) is 0 Å². The molecule has 2 fully saturated rings. The lowest BCUT2D eigenvalue weighted by Crippen LogP contribution is -2.48. The first-order valence-corrected chi connectivity index (χ1v) is 3.89. The minimum absolute atomic E-state index is 0.0920. The van der Waals surface area contributed by atoms with Crippen LogP contribution in [-0.4, -0.2) is 43.7 Å². The molecule has 10 heavy (non-hydrogen) atoms. The number of nitrogens with one attached hydrogen (secondary N) is 1. The number of hydrogen-bond donors (Lipinski definition) is 2. The highest BCUT2D eigenvalue weighted by atomic mass is 15.2. The quantitative estimate of drug-likeness (QED) is 0.447. The topological polar surface area (TPSA) is 41.3 Å². The van der Waals surface area contributed by atoms with Gasteiger partial charge in [0.05, 0.1) is 0 Å². The number of likely N-dealkylation sites (N-methyl/N-ethyl adjacent to an activating group) is 1. The Kier molecular flexibility index (Phi) is 1.27. The third kappa shape index (κ3) is 0.779. The SMILES string of the molecule is CN1CC2CNCC2(N)C1. The number of likely N-dealkylation sites (tertiary alicyclic amines) is 1. The molecule has 2 aliphatic rings. The Balaban J connectivity index is 2.15. The maximum absolute atomic E-state index is 6.15. The lowest BCUT2D eigenvalue weighted by Gasteiger charge is -2.20. The molecule has 3 N–H and O–H groups in total. The van der Waals surface area contributed by atoms with E-state index in [-0.39, 0.29) is 5.54 Å². The highest BCUT2D eigenvalue weighted by Crippen LogP contribution is 2.26. The molecule has 0 bridgehead atoms. The summed E-state index contributed by atoms with van der Waals surface area (Å²) >= 11 is 0. The molecule has 0 saturated carbocycles. The van der Waals surface area contributed by atoms with Crippen LogP contribution in [0.1, 0.15) is 0 Å². The van der Waals surface area contributed by atoms with Crippen molar-refractivity contribution in [3.8, 4) is 0 Å². The van der Waals surface area contributed by atoms with Crippen molar-refractivity contribution < 1.29 is 0 Å². The van der Waals surface area contributed by atoms with Gasteiger partial charge in [0.2, 0.25) is 0 Å². The molecular formula is C7H15N3. The standard InChI is InChI=1S/C7H15N3/c1-10-3-6-2-9-4-7(6,8)5-10/h6,9H,2-5,8H2,1H3.